The summed E-state index contributed by atoms with van der Waals surface area (Å²) in [6.07, 6.45) is 0.588. The van der Waals surface area contributed by atoms with Crippen LogP contribution in [0.1, 0.15) is 20.3 Å². The molecule has 0 aromatic rings. The van der Waals surface area contributed by atoms with Crippen LogP contribution in [0.25, 0.3) is 0 Å². The number of rotatable bonds is 5. The molecule has 0 amide bonds. The first-order valence-corrected chi connectivity index (χ1v) is 6.37. The first kappa shape index (κ1) is 10.7. The van der Waals surface area contributed by atoms with Crippen molar-refractivity contribution in [2.75, 3.05) is 6.61 Å². The molecule has 0 heterocycles. The van der Waals surface area contributed by atoms with E-state index in [0.29, 0.717) is 13.0 Å². The zero-order valence-corrected chi connectivity index (χ0v) is 8.40. The Bertz CT molecular complexity index is 96.9. The molecule has 0 aliphatic rings. The third-order valence-electron chi connectivity index (χ3n) is 0.609. The maximum atomic E-state index is 10.6. The van der Waals surface area contributed by atoms with Crippen molar-refractivity contribution in [2.45, 2.75) is 20.3 Å². The van der Waals surface area contributed by atoms with Gasteiger partial charge in [-0.15, -0.1) is 0 Å². The lowest BCUT2D eigenvalue weighted by Gasteiger charge is -1.94. The second-order valence-electron chi connectivity index (χ2n) is 1.35. The van der Waals surface area contributed by atoms with Crippen LogP contribution in [0.15, 0.2) is 0 Å². The van der Waals surface area contributed by atoms with E-state index in [0.717, 1.165) is 0 Å². The highest BCUT2D eigenvalue weighted by Gasteiger charge is 1.98. The van der Waals surface area contributed by atoms with Gasteiger partial charge >= 0.3 is 0 Å². The van der Waals surface area contributed by atoms with Crippen LogP contribution in [0.2, 0.25) is 0 Å². The molecule has 0 aliphatic carbocycles. The van der Waals surface area contributed by atoms with E-state index < -0.39 is 0 Å². The highest BCUT2D eigenvalue weighted by Crippen LogP contribution is 2.35. The molecule has 0 saturated heterocycles. The molecule has 0 radical (unpaired) electrons. The molecule has 0 atom stereocenters. The molecule has 0 saturated carbocycles. The minimum atomic E-state index is 0.192. The lowest BCUT2D eigenvalue weighted by atomic mass is 10.6. The van der Waals surface area contributed by atoms with Gasteiger partial charge in [-0.05, 0) is 17.7 Å². The van der Waals surface area contributed by atoms with Crippen LogP contribution in [0.4, 0.5) is 0 Å². The second kappa shape index (κ2) is 7.78. The average molecular weight is 198 g/mol. The van der Waals surface area contributed by atoms with Crippen LogP contribution < -0.4 is 0 Å². The lowest BCUT2D eigenvalue weighted by molar-refractivity contribution is -0.110. The Morgan fingerprint density at radius 1 is 1.50 bits per heavy atom. The van der Waals surface area contributed by atoms with E-state index in [2.05, 4.69) is 0 Å². The summed E-state index contributed by atoms with van der Waals surface area (Å²) in [6, 6.07) is 0. The van der Waals surface area contributed by atoms with Crippen LogP contribution in [0.5, 0.6) is 0 Å². The first-order valence-electron chi connectivity index (χ1n) is 2.96. The van der Waals surface area contributed by atoms with Crippen LogP contribution in [0, 0.1) is 0 Å². The fourth-order valence-corrected chi connectivity index (χ4v) is 2.89. The third kappa shape index (κ3) is 6.80. The second-order valence-corrected chi connectivity index (χ2v) is 5.02. The van der Waals surface area contributed by atoms with Crippen molar-refractivity contribution in [1.29, 1.82) is 0 Å². The van der Waals surface area contributed by atoms with Gasteiger partial charge in [0.25, 0.3) is 0 Å². The van der Waals surface area contributed by atoms with Crippen molar-refractivity contribution < 1.29 is 8.98 Å². The quantitative estimate of drug-likeness (QED) is 0.384. The minimum absolute atomic E-state index is 0.192. The Balaban J connectivity index is 2.96. The van der Waals surface area contributed by atoms with Crippen molar-refractivity contribution in [3.63, 3.8) is 0 Å². The van der Waals surface area contributed by atoms with Crippen molar-refractivity contribution in [3.05, 3.63) is 0 Å². The number of carbonyl (C=O) groups is 1. The summed E-state index contributed by atoms with van der Waals surface area (Å²) < 4.78 is 4.93. The molecule has 10 heavy (non-hydrogen) atoms. The number of carbonyl (C=O) groups excluding carboxylic acids is 1. The monoisotopic (exact) mass is 198 g/mol. The van der Waals surface area contributed by atoms with Gasteiger partial charge in [0.1, 0.15) is 0 Å². The van der Waals surface area contributed by atoms with Crippen molar-refractivity contribution in [2.24, 2.45) is 0 Å². The molecule has 5 heteroatoms. The molecule has 2 nitrogen and oxygen atoms in total. The Labute approximate surface area is 72.9 Å². The van der Waals surface area contributed by atoms with E-state index in [9.17, 15) is 4.79 Å². The van der Waals surface area contributed by atoms with E-state index in [4.69, 9.17) is 4.18 Å². The Kier molecular flexibility index (Phi) is 8.31. The molecule has 0 N–H and O–H groups in total. The van der Waals surface area contributed by atoms with Crippen LogP contribution >= 0.6 is 31.7 Å². The van der Waals surface area contributed by atoms with E-state index in [1.165, 1.54) is 31.7 Å². The van der Waals surface area contributed by atoms with Crippen molar-refractivity contribution in [3.8, 4) is 0 Å². The summed E-state index contributed by atoms with van der Waals surface area (Å²) in [4.78, 5) is 10.6. The molecule has 0 rings (SSSR count). The fourth-order valence-electron chi connectivity index (χ4n) is 0.179. The van der Waals surface area contributed by atoms with Crippen molar-refractivity contribution in [1.82, 2.24) is 0 Å². The van der Waals surface area contributed by atoms with Crippen LogP contribution in [-0.4, -0.2) is 11.7 Å². The Morgan fingerprint density at radius 2 is 2.20 bits per heavy atom. The topological polar surface area (TPSA) is 26.3 Å². The van der Waals surface area contributed by atoms with Gasteiger partial charge in [-0.3, -0.25) is 4.79 Å². The van der Waals surface area contributed by atoms with Gasteiger partial charge in [0.2, 0.25) is 0 Å². The molecular weight excluding hydrogens is 188 g/mol. The van der Waals surface area contributed by atoms with Gasteiger partial charge in [-0.1, -0.05) is 6.92 Å². The minimum Gasteiger partial charge on any atom is -0.305 e. The largest absolute Gasteiger partial charge is 0.305 e. The van der Waals surface area contributed by atoms with Gasteiger partial charge in [0, 0.05) is 16.2 Å². The summed E-state index contributed by atoms with van der Waals surface area (Å²) in [5.74, 6) is 0. The first-order chi connectivity index (χ1) is 4.81. The SMILES string of the molecule is CCOSSSC(=O)CC. The zero-order valence-electron chi connectivity index (χ0n) is 5.96. The van der Waals surface area contributed by atoms with Gasteiger partial charge in [-0.2, -0.15) is 0 Å². The average Bonchev–Trinajstić information content (AvgIpc) is 1.98. The third-order valence-corrected chi connectivity index (χ3v) is 3.87. The molecule has 60 valence electrons. The van der Waals surface area contributed by atoms with E-state index in [1.54, 1.807) is 0 Å². The van der Waals surface area contributed by atoms with Crippen LogP contribution in [0.3, 0.4) is 0 Å². The molecule has 0 unspecified atom stereocenters. The number of hydrogen-bond donors (Lipinski definition) is 0. The predicted molar refractivity (Wildman–Crippen MR) is 49.7 cm³/mol. The summed E-state index contributed by atoms with van der Waals surface area (Å²) in [7, 11) is 2.60. The summed E-state index contributed by atoms with van der Waals surface area (Å²) in [6.45, 7) is 4.44. The fraction of sp³-hybridized carbons (Fsp3) is 0.800. The molecule has 0 aromatic carbocycles. The van der Waals surface area contributed by atoms with Gasteiger partial charge in [0.05, 0.1) is 17.7 Å². The molecule has 0 fully saturated rings. The molecule has 0 spiro atoms. The van der Waals surface area contributed by atoms with Gasteiger partial charge in [0.15, 0.2) is 5.12 Å². The van der Waals surface area contributed by atoms with Crippen LogP contribution in [-0.2, 0) is 8.98 Å². The maximum absolute atomic E-state index is 10.6. The summed E-state index contributed by atoms with van der Waals surface area (Å²) in [5.41, 5.74) is 0. The zero-order chi connectivity index (χ0) is 7.82. The maximum Gasteiger partial charge on any atom is 0.200 e. The molecular formula is C5H10O2S3. The van der Waals surface area contributed by atoms with Gasteiger partial charge in [-0.25, -0.2) is 0 Å². The van der Waals surface area contributed by atoms with Gasteiger partial charge < -0.3 is 4.18 Å². The normalized spacial score (nSPS) is 9.80. The lowest BCUT2D eigenvalue weighted by Crippen LogP contribution is -1.81. The smallest absolute Gasteiger partial charge is 0.200 e. The highest BCUT2D eigenvalue weighted by molar-refractivity contribution is 9.11. The summed E-state index contributed by atoms with van der Waals surface area (Å²) in [5, 5.41) is 0.192. The van der Waals surface area contributed by atoms with E-state index in [1.807, 2.05) is 13.8 Å². The molecule has 0 bridgehead atoms. The van der Waals surface area contributed by atoms with Crippen molar-refractivity contribution >= 4 is 36.8 Å². The number of hydrogen-bond acceptors (Lipinski definition) is 5. The predicted octanol–water partition coefficient (Wildman–Crippen LogP) is 2.90. The molecule has 0 aliphatic heterocycles. The highest BCUT2D eigenvalue weighted by atomic mass is 33.5. The standard InChI is InChI=1S/C5H10O2S3/c1-3-5(6)8-10-9-7-4-2/h3-4H2,1-2H3. The Hall–Kier alpha value is 0.680. The Morgan fingerprint density at radius 3 is 2.70 bits per heavy atom. The summed E-state index contributed by atoms with van der Waals surface area (Å²) >= 11 is 1.26. The molecule has 0 aromatic heterocycles. The van der Waals surface area contributed by atoms with E-state index in [-0.39, 0.29) is 5.12 Å². The van der Waals surface area contributed by atoms with E-state index >= 15 is 0 Å².